The van der Waals surface area contributed by atoms with Crippen molar-refractivity contribution in [2.75, 3.05) is 26.2 Å². The van der Waals surface area contributed by atoms with E-state index in [0.29, 0.717) is 0 Å². The Labute approximate surface area is 193 Å². The van der Waals surface area contributed by atoms with E-state index in [1.807, 2.05) is 0 Å². The first-order valence-electron chi connectivity index (χ1n) is 5.36. The Morgan fingerprint density at radius 1 is 0.700 bits per heavy atom. The van der Waals surface area contributed by atoms with Crippen molar-refractivity contribution in [3.63, 3.8) is 0 Å². The zero-order valence-corrected chi connectivity index (χ0v) is 27.6. The van der Waals surface area contributed by atoms with Crippen molar-refractivity contribution in [1.82, 2.24) is 9.80 Å². The van der Waals surface area contributed by atoms with E-state index >= 15 is 0 Å². The molecule has 0 unspecified atom stereocenters. The van der Waals surface area contributed by atoms with Gasteiger partial charge < -0.3 is 14.9 Å². The van der Waals surface area contributed by atoms with Gasteiger partial charge in [-0.3, -0.25) is 0 Å². The molecule has 2 nitrogen and oxygen atoms in total. The molecule has 0 saturated carbocycles. The zero-order chi connectivity index (χ0) is 13.1. The summed E-state index contributed by atoms with van der Waals surface area (Å²) in [4.78, 5) is 4.44. The quantitative estimate of drug-likeness (QED) is 0.294. The number of nitrogens with zero attached hydrogens (tertiary/aromatic N) is 2. The fraction of sp³-hybridized carbons (Fsp3) is 0.667. The predicted molar refractivity (Wildman–Crippen MR) is 91.7 cm³/mol. The SMILES string of the molecule is CCN(CC)C([Se])=[Se].CCN(CC)C([Se])=[Se].[CH3-].[CH3-].[Cd].[Zn]. The largest absolute Gasteiger partial charge is 0.358 e. The summed E-state index contributed by atoms with van der Waals surface area (Å²) >= 11 is 11.7. The maximum Gasteiger partial charge on any atom is 0 e. The second-order valence-electron chi connectivity index (χ2n) is 2.88. The topological polar surface area (TPSA) is 6.48 Å². The van der Waals surface area contributed by atoms with Crippen LogP contribution < -0.4 is 0 Å². The number of hydrogen-bond acceptors (Lipinski definition) is 2. The van der Waals surface area contributed by atoms with Crippen molar-refractivity contribution < 1.29 is 46.8 Å². The van der Waals surface area contributed by atoms with Crippen LogP contribution in [0.2, 0.25) is 0 Å². The molecule has 0 heterocycles. The van der Waals surface area contributed by atoms with E-state index in [1.54, 1.807) is 0 Å². The molecule has 0 spiro atoms. The van der Waals surface area contributed by atoms with Gasteiger partial charge in [0.15, 0.2) is 0 Å². The molecule has 0 aromatic carbocycles. The van der Waals surface area contributed by atoms with Crippen LogP contribution in [0, 0.1) is 14.9 Å². The van der Waals surface area contributed by atoms with Gasteiger partial charge in [-0.1, -0.05) is 0 Å². The van der Waals surface area contributed by atoms with E-state index in [0.717, 1.165) is 33.1 Å². The minimum absolute atomic E-state index is 0. The average Bonchev–Trinajstić information content (AvgIpc) is 2.21. The molecular formula is C12H26CdN2Se4Zn-2. The van der Waals surface area contributed by atoms with Crippen LogP contribution in [0.4, 0.5) is 0 Å². The van der Waals surface area contributed by atoms with E-state index < -0.39 is 0 Å². The van der Waals surface area contributed by atoms with Gasteiger partial charge in [0.05, 0.1) is 0 Å². The fourth-order valence-electron chi connectivity index (χ4n) is 0.964. The van der Waals surface area contributed by atoms with Crippen LogP contribution in [0.1, 0.15) is 27.7 Å². The van der Waals surface area contributed by atoms with Gasteiger partial charge in [0, 0.05) is 46.8 Å². The molecule has 0 aliphatic rings. The summed E-state index contributed by atoms with van der Waals surface area (Å²) < 4.78 is 2.32. The normalized spacial score (nSPS) is 7.00. The van der Waals surface area contributed by atoms with Crippen LogP contribution in [0.15, 0.2) is 0 Å². The molecule has 0 saturated heterocycles. The zero-order valence-electron chi connectivity index (χ0n) is 13.8. The van der Waals surface area contributed by atoms with E-state index in [1.165, 1.54) is 0 Å². The molecule has 0 rings (SSSR count). The molecule has 0 aromatic heterocycles. The smallest absolute Gasteiger partial charge is 0 e. The summed E-state index contributed by atoms with van der Waals surface area (Å²) in [6.45, 7) is 12.8. The van der Waals surface area contributed by atoms with Crippen LogP contribution in [0.25, 0.3) is 0 Å². The third kappa shape index (κ3) is 23.2. The first-order valence-corrected chi connectivity index (χ1v) is 8.78. The third-order valence-corrected chi connectivity index (χ3v) is 4.21. The Bertz CT molecular complexity index is 192. The third-order valence-electron chi connectivity index (χ3n) is 2.04. The molecular weight excluding hydrogens is 666 g/mol. The molecule has 0 fully saturated rings. The first-order chi connectivity index (χ1) is 7.44. The Balaban J connectivity index is -0.0000000408. The van der Waals surface area contributed by atoms with E-state index in [2.05, 4.69) is 101 Å². The molecule has 114 valence electrons. The van der Waals surface area contributed by atoms with Gasteiger partial charge in [-0.05, 0) is 0 Å². The van der Waals surface area contributed by atoms with Gasteiger partial charge >= 0.3 is 134 Å². The predicted octanol–water partition coefficient (Wildman–Crippen LogP) is 0.401. The van der Waals surface area contributed by atoms with Crippen molar-refractivity contribution in [1.29, 1.82) is 0 Å². The van der Waals surface area contributed by atoms with Crippen LogP contribution in [0.3, 0.4) is 0 Å². The fourth-order valence-corrected chi connectivity index (χ4v) is 3.13. The van der Waals surface area contributed by atoms with Crippen molar-refractivity contribution in [3.8, 4) is 0 Å². The monoisotopic (exact) mass is 696 g/mol. The summed E-state index contributed by atoms with van der Waals surface area (Å²) in [7, 11) is 0. The summed E-state index contributed by atoms with van der Waals surface area (Å²) in [6.07, 6.45) is 0. The van der Waals surface area contributed by atoms with Crippen LogP contribution in [-0.4, -0.2) is 106 Å². The van der Waals surface area contributed by atoms with Crippen molar-refractivity contribution in [3.05, 3.63) is 14.9 Å². The van der Waals surface area contributed by atoms with Crippen molar-refractivity contribution >= 4 is 70.1 Å². The number of hydrogen-bond donors (Lipinski definition) is 0. The Hall–Kier alpha value is 2.96. The molecule has 0 N–H and O–H groups in total. The average molecular weight is 692 g/mol. The van der Waals surface area contributed by atoms with Gasteiger partial charge in [-0.2, -0.15) is 0 Å². The maximum atomic E-state index is 2.93. The molecule has 0 aromatic rings. The maximum absolute atomic E-state index is 2.93. The Kier molecular flexibility index (Phi) is 51.7. The first kappa shape index (κ1) is 38.5. The molecule has 0 aliphatic carbocycles. The van der Waals surface area contributed by atoms with Crippen LogP contribution in [0.5, 0.6) is 0 Å². The standard InChI is InChI=1S/2C5H10NSe2.2CH3.Cd.Zn/c2*1-3-6(4-2)5(7)8;;;;/h2*3-4H2,1-2H3;2*1H3;;/q;;2*-1;;. The second kappa shape index (κ2) is 26.8. The van der Waals surface area contributed by atoms with Crippen LogP contribution >= 0.6 is 0 Å². The van der Waals surface area contributed by atoms with E-state index in [9.17, 15) is 0 Å². The van der Waals surface area contributed by atoms with Crippen molar-refractivity contribution in [2.24, 2.45) is 0 Å². The molecule has 2 radical (unpaired) electrons. The number of rotatable bonds is 6. The summed E-state index contributed by atoms with van der Waals surface area (Å²) in [5.74, 6) is 0. The van der Waals surface area contributed by atoms with Gasteiger partial charge in [0.25, 0.3) is 0 Å². The second-order valence-corrected chi connectivity index (χ2v) is 8.74. The van der Waals surface area contributed by atoms with Crippen molar-refractivity contribution in [2.45, 2.75) is 27.7 Å². The molecule has 8 heteroatoms. The molecule has 0 atom stereocenters. The van der Waals surface area contributed by atoms with Gasteiger partial charge in [-0.25, -0.2) is 0 Å². The van der Waals surface area contributed by atoms with Gasteiger partial charge in [0.1, 0.15) is 0 Å². The molecule has 0 aliphatic heterocycles. The van der Waals surface area contributed by atoms with E-state index in [4.69, 9.17) is 0 Å². The minimum atomic E-state index is 0. The molecule has 20 heavy (non-hydrogen) atoms. The van der Waals surface area contributed by atoms with E-state index in [-0.39, 0.29) is 61.6 Å². The molecule has 0 bridgehead atoms. The van der Waals surface area contributed by atoms with Gasteiger partial charge in [-0.15, -0.1) is 0 Å². The summed E-state index contributed by atoms with van der Waals surface area (Å²) in [5, 5.41) is 0. The summed E-state index contributed by atoms with van der Waals surface area (Å²) in [5.41, 5.74) is 0. The Morgan fingerprint density at radius 3 is 0.850 bits per heavy atom. The Morgan fingerprint density at radius 2 is 0.850 bits per heavy atom. The minimum Gasteiger partial charge on any atom is -0.358 e. The molecule has 0 amide bonds. The van der Waals surface area contributed by atoms with Crippen LogP contribution in [-0.2, 0) is 46.8 Å². The summed E-state index contributed by atoms with van der Waals surface area (Å²) in [6, 6.07) is 0. The van der Waals surface area contributed by atoms with Gasteiger partial charge in [0.2, 0.25) is 0 Å².